The second kappa shape index (κ2) is 6.73. The van der Waals surface area contributed by atoms with Crippen molar-refractivity contribution in [2.75, 3.05) is 13.2 Å². The molecule has 0 rings (SSSR count). The van der Waals surface area contributed by atoms with E-state index < -0.39 is 24.9 Å². The fourth-order valence-electron chi connectivity index (χ4n) is 0.724. The fourth-order valence-corrected chi connectivity index (χ4v) is 0.724. The van der Waals surface area contributed by atoms with Crippen molar-refractivity contribution >= 4 is 6.29 Å². The SMILES string of the molecule is C=CCO[C@@H](C=O)[C@@H](O)[C@H](O)CO. The molecule has 5 heteroatoms. The van der Waals surface area contributed by atoms with Crippen LogP contribution in [-0.4, -0.2) is 53.1 Å². The Morgan fingerprint density at radius 1 is 1.46 bits per heavy atom. The highest BCUT2D eigenvalue weighted by molar-refractivity contribution is 5.57. The normalized spacial score (nSPS) is 17.5. The lowest BCUT2D eigenvalue weighted by Gasteiger charge is -2.20. The van der Waals surface area contributed by atoms with Crippen molar-refractivity contribution < 1.29 is 24.9 Å². The van der Waals surface area contributed by atoms with E-state index in [9.17, 15) is 9.90 Å². The van der Waals surface area contributed by atoms with E-state index in [4.69, 9.17) is 14.9 Å². The van der Waals surface area contributed by atoms with E-state index in [1.54, 1.807) is 0 Å². The van der Waals surface area contributed by atoms with Crippen LogP contribution in [0, 0.1) is 0 Å². The van der Waals surface area contributed by atoms with Crippen molar-refractivity contribution in [3.05, 3.63) is 12.7 Å². The van der Waals surface area contributed by atoms with E-state index >= 15 is 0 Å². The maximum Gasteiger partial charge on any atom is 0.151 e. The number of hydrogen-bond donors (Lipinski definition) is 3. The van der Waals surface area contributed by atoms with Crippen LogP contribution in [-0.2, 0) is 9.53 Å². The van der Waals surface area contributed by atoms with Crippen LogP contribution in [0.15, 0.2) is 12.7 Å². The Hall–Kier alpha value is -0.750. The molecule has 0 aliphatic rings. The van der Waals surface area contributed by atoms with Gasteiger partial charge in [-0.05, 0) is 0 Å². The first-order chi connectivity index (χ1) is 6.17. The van der Waals surface area contributed by atoms with Crippen LogP contribution < -0.4 is 0 Å². The molecule has 0 aromatic carbocycles. The summed E-state index contributed by atoms with van der Waals surface area (Å²) in [6.45, 7) is 2.83. The number of carbonyl (C=O) groups excluding carboxylic acids is 1. The minimum absolute atomic E-state index is 0.0958. The minimum Gasteiger partial charge on any atom is -0.394 e. The van der Waals surface area contributed by atoms with Gasteiger partial charge in [0.25, 0.3) is 0 Å². The molecular formula is C8H14O5. The summed E-state index contributed by atoms with van der Waals surface area (Å²) in [6, 6.07) is 0. The zero-order valence-corrected chi connectivity index (χ0v) is 7.17. The van der Waals surface area contributed by atoms with Gasteiger partial charge in [-0.2, -0.15) is 0 Å². The Bertz CT molecular complexity index is 159. The highest BCUT2D eigenvalue weighted by Crippen LogP contribution is 2.02. The van der Waals surface area contributed by atoms with Gasteiger partial charge in [-0.1, -0.05) is 6.08 Å². The van der Waals surface area contributed by atoms with Gasteiger partial charge < -0.3 is 24.9 Å². The van der Waals surface area contributed by atoms with Crippen LogP contribution in [0.2, 0.25) is 0 Å². The molecule has 0 spiro atoms. The molecule has 0 radical (unpaired) electrons. The third-order valence-electron chi connectivity index (χ3n) is 1.46. The van der Waals surface area contributed by atoms with Crippen molar-refractivity contribution in [2.24, 2.45) is 0 Å². The number of aliphatic hydroxyl groups is 3. The van der Waals surface area contributed by atoms with Crippen LogP contribution >= 0.6 is 0 Å². The van der Waals surface area contributed by atoms with Crippen LogP contribution in [0.1, 0.15) is 0 Å². The molecular weight excluding hydrogens is 176 g/mol. The van der Waals surface area contributed by atoms with E-state index in [1.165, 1.54) is 6.08 Å². The van der Waals surface area contributed by atoms with Gasteiger partial charge in [0.1, 0.15) is 18.3 Å². The monoisotopic (exact) mass is 190 g/mol. The number of ether oxygens (including phenoxy) is 1. The van der Waals surface area contributed by atoms with Crippen molar-refractivity contribution in [2.45, 2.75) is 18.3 Å². The van der Waals surface area contributed by atoms with Crippen LogP contribution in [0.3, 0.4) is 0 Å². The predicted octanol–water partition coefficient (Wildman–Crippen LogP) is -1.53. The van der Waals surface area contributed by atoms with Crippen LogP contribution in [0.25, 0.3) is 0 Å². The van der Waals surface area contributed by atoms with Crippen molar-refractivity contribution in [3.8, 4) is 0 Å². The zero-order valence-electron chi connectivity index (χ0n) is 7.17. The van der Waals surface area contributed by atoms with Crippen molar-refractivity contribution in [1.82, 2.24) is 0 Å². The topological polar surface area (TPSA) is 87.0 Å². The average molecular weight is 190 g/mol. The maximum absolute atomic E-state index is 10.4. The molecule has 3 atom stereocenters. The summed E-state index contributed by atoms with van der Waals surface area (Å²) >= 11 is 0. The lowest BCUT2D eigenvalue weighted by molar-refractivity contribution is -0.134. The Morgan fingerprint density at radius 2 is 2.08 bits per heavy atom. The molecule has 0 amide bonds. The predicted molar refractivity (Wildman–Crippen MR) is 45.1 cm³/mol. The number of aldehydes is 1. The number of carbonyl (C=O) groups is 1. The lowest BCUT2D eigenvalue weighted by atomic mass is 10.1. The first-order valence-corrected chi connectivity index (χ1v) is 3.82. The molecule has 13 heavy (non-hydrogen) atoms. The zero-order chi connectivity index (χ0) is 10.3. The Labute approximate surface area is 76.3 Å². The molecule has 0 heterocycles. The number of aliphatic hydroxyl groups excluding tert-OH is 3. The summed E-state index contributed by atoms with van der Waals surface area (Å²) in [5.74, 6) is 0. The average Bonchev–Trinajstić information content (AvgIpc) is 2.17. The molecule has 76 valence electrons. The third-order valence-corrected chi connectivity index (χ3v) is 1.46. The smallest absolute Gasteiger partial charge is 0.151 e. The van der Waals surface area contributed by atoms with Gasteiger partial charge in [0.05, 0.1) is 13.2 Å². The maximum atomic E-state index is 10.4. The first kappa shape index (κ1) is 12.2. The van der Waals surface area contributed by atoms with Gasteiger partial charge >= 0.3 is 0 Å². The molecule has 0 bridgehead atoms. The Kier molecular flexibility index (Phi) is 6.34. The molecule has 5 nitrogen and oxygen atoms in total. The molecule has 0 saturated heterocycles. The van der Waals surface area contributed by atoms with Crippen molar-refractivity contribution in [1.29, 1.82) is 0 Å². The molecule has 0 aromatic heterocycles. The number of hydrogen-bond acceptors (Lipinski definition) is 5. The molecule has 0 fully saturated rings. The summed E-state index contributed by atoms with van der Waals surface area (Å²) in [7, 11) is 0. The Morgan fingerprint density at radius 3 is 2.46 bits per heavy atom. The standard InChI is InChI=1S/C8H14O5/c1-2-3-13-7(5-10)8(12)6(11)4-9/h2,5-9,11-12H,1,3-4H2/t6-,7+,8+/m1/s1. The Balaban J connectivity index is 4.04. The lowest BCUT2D eigenvalue weighted by Crippen LogP contribution is -2.42. The summed E-state index contributed by atoms with van der Waals surface area (Å²) in [6.07, 6.45) is -2.15. The van der Waals surface area contributed by atoms with Crippen LogP contribution in [0.5, 0.6) is 0 Å². The second-order valence-corrected chi connectivity index (χ2v) is 2.46. The van der Waals surface area contributed by atoms with Gasteiger partial charge in [0.2, 0.25) is 0 Å². The summed E-state index contributed by atoms with van der Waals surface area (Å²) < 4.78 is 4.82. The molecule has 0 unspecified atom stereocenters. The third kappa shape index (κ3) is 4.14. The van der Waals surface area contributed by atoms with E-state index in [-0.39, 0.29) is 6.61 Å². The second-order valence-electron chi connectivity index (χ2n) is 2.46. The fraction of sp³-hybridized carbons (Fsp3) is 0.625. The first-order valence-electron chi connectivity index (χ1n) is 3.82. The van der Waals surface area contributed by atoms with Gasteiger partial charge in [-0.15, -0.1) is 6.58 Å². The van der Waals surface area contributed by atoms with Gasteiger partial charge in [0.15, 0.2) is 6.29 Å². The van der Waals surface area contributed by atoms with Gasteiger partial charge in [0, 0.05) is 0 Å². The summed E-state index contributed by atoms with van der Waals surface area (Å²) in [4.78, 5) is 10.4. The van der Waals surface area contributed by atoms with E-state index in [2.05, 4.69) is 6.58 Å². The highest BCUT2D eigenvalue weighted by Gasteiger charge is 2.25. The van der Waals surface area contributed by atoms with E-state index in [0.717, 1.165) is 0 Å². The minimum atomic E-state index is -1.41. The highest BCUT2D eigenvalue weighted by atomic mass is 16.5. The summed E-state index contributed by atoms with van der Waals surface area (Å²) in [5, 5.41) is 26.6. The summed E-state index contributed by atoms with van der Waals surface area (Å²) in [5.41, 5.74) is 0. The molecule has 3 N–H and O–H groups in total. The van der Waals surface area contributed by atoms with Crippen molar-refractivity contribution in [3.63, 3.8) is 0 Å². The quantitative estimate of drug-likeness (QED) is 0.335. The largest absolute Gasteiger partial charge is 0.394 e. The molecule has 0 aliphatic carbocycles. The molecule has 0 saturated carbocycles. The molecule has 0 aliphatic heterocycles. The van der Waals surface area contributed by atoms with E-state index in [0.29, 0.717) is 6.29 Å². The van der Waals surface area contributed by atoms with Crippen LogP contribution in [0.4, 0.5) is 0 Å². The molecule has 0 aromatic rings. The number of rotatable bonds is 7. The van der Waals surface area contributed by atoms with Gasteiger partial charge in [-0.3, -0.25) is 0 Å². The van der Waals surface area contributed by atoms with E-state index in [1.807, 2.05) is 0 Å². The van der Waals surface area contributed by atoms with Gasteiger partial charge in [-0.25, -0.2) is 0 Å².